The van der Waals surface area contributed by atoms with Crippen LogP contribution in [0.25, 0.3) is 11.0 Å². The number of nitrogen functional groups attached to an aromatic ring is 1. The molecule has 4 N–H and O–H groups in total. The lowest BCUT2D eigenvalue weighted by Crippen LogP contribution is -2.05. The Morgan fingerprint density at radius 3 is 3.10 bits per heavy atom. The van der Waals surface area contributed by atoms with E-state index < -0.39 is 0 Å². The summed E-state index contributed by atoms with van der Waals surface area (Å²) in [5, 5.41) is 10.9. The minimum Gasteiger partial charge on any atom is -0.368 e. The molecule has 0 atom stereocenters. The van der Waals surface area contributed by atoms with E-state index in [-0.39, 0.29) is 5.95 Å². The summed E-state index contributed by atoms with van der Waals surface area (Å²) in [5.41, 5.74) is 7.51. The van der Waals surface area contributed by atoms with Gasteiger partial charge in [-0.15, -0.1) is 11.8 Å². The predicted molar refractivity (Wildman–Crippen MR) is 81.6 cm³/mol. The van der Waals surface area contributed by atoms with Crippen LogP contribution in [0, 0.1) is 0 Å². The first kappa shape index (κ1) is 12.7. The van der Waals surface area contributed by atoms with E-state index in [4.69, 9.17) is 5.73 Å². The van der Waals surface area contributed by atoms with Crippen molar-refractivity contribution in [3.05, 3.63) is 36.0 Å². The van der Waals surface area contributed by atoms with Gasteiger partial charge in [0.25, 0.3) is 0 Å². The van der Waals surface area contributed by atoms with Crippen LogP contribution in [0.15, 0.2) is 35.4 Å². The van der Waals surface area contributed by atoms with Gasteiger partial charge >= 0.3 is 0 Å². The van der Waals surface area contributed by atoms with Crippen LogP contribution < -0.4 is 11.1 Å². The molecule has 2 aromatic heterocycles. The second kappa shape index (κ2) is 5.38. The Kier molecular flexibility index (Phi) is 3.42. The summed E-state index contributed by atoms with van der Waals surface area (Å²) in [5.74, 6) is 0.915. The summed E-state index contributed by atoms with van der Waals surface area (Å²) >= 11 is 1.72. The van der Waals surface area contributed by atoms with Gasteiger partial charge in [0.2, 0.25) is 5.95 Å². The molecule has 0 amide bonds. The first-order chi connectivity index (χ1) is 9.76. The van der Waals surface area contributed by atoms with Crippen molar-refractivity contribution < 1.29 is 0 Å². The number of H-pyrrole nitrogens is 1. The summed E-state index contributed by atoms with van der Waals surface area (Å²) in [6.45, 7) is 0.672. The Labute approximate surface area is 120 Å². The molecule has 0 bridgehead atoms. The number of hydrogen-bond donors (Lipinski definition) is 3. The van der Waals surface area contributed by atoms with Gasteiger partial charge in [-0.25, -0.2) is 0 Å². The average molecular weight is 286 g/mol. The monoisotopic (exact) mass is 286 g/mol. The summed E-state index contributed by atoms with van der Waals surface area (Å²) < 4.78 is 0. The highest BCUT2D eigenvalue weighted by Gasteiger charge is 2.07. The SMILES string of the molecule is CSc1cccc(CNc2nc(N)nc3[nH]ncc23)c1. The maximum Gasteiger partial charge on any atom is 0.224 e. The summed E-state index contributed by atoms with van der Waals surface area (Å²) in [6.07, 6.45) is 3.75. The smallest absolute Gasteiger partial charge is 0.224 e. The number of thioether (sulfide) groups is 1. The standard InChI is InChI=1S/C13H14N6S/c1-20-9-4-2-3-8(5-9)6-15-11-10-7-16-19-12(10)18-13(14)17-11/h2-5,7H,6H2,1H3,(H4,14,15,16,17,18,19). The lowest BCUT2D eigenvalue weighted by molar-refractivity contribution is 1.08. The molecule has 0 saturated heterocycles. The van der Waals surface area contributed by atoms with Crippen molar-refractivity contribution >= 4 is 34.6 Å². The molecule has 1 aromatic carbocycles. The maximum absolute atomic E-state index is 5.69. The van der Waals surface area contributed by atoms with E-state index in [0.29, 0.717) is 18.0 Å². The van der Waals surface area contributed by atoms with Crippen LogP contribution in [0.1, 0.15) is 5.56 Å². The Bertz CT molecular complexity index is 739. The zero-order chi connectivity index (χ0) is 13.9. The Morgan fingerprint density at radius 2 is 2.25 bits per heavy atom. The number of hydrogen-bond acceptors (Lipinski definition) is 6. The van der Waals surface area contributed by atoms with E-state index in [1.165, 1.54) is 10.5 Å². The third kappa shape index (κ3) is 2.53. The van der Waals surface area contributed by atoms with Gasteiger partial charge in [0.1, 0.15) is 5.82 Å². The van der Waals surface area contributed by atoms with E-state index in [2.05, 4.69) is 49.9 Å². The topological polar surface area (TPSA) is 92.5 Å². The molecule has 0 aliphatic heterocycles. The van der Waals surface area contributed by atoms with E-state index in [1.807, 2.05) is 6.07 Å². The van der Waals surface area contributed by atoms with Gasteiger partial charge in [-0.2, -0.15) is 15.1 Å². The second-order valence-corrected chi connectivity index (χ2v) is 5.15. The molecule has 0 aliphatic carbocycles. The van der Waals surface area contributed by atoms with Gasteiger partial charge in [0, 0.05) is 11.4 Å². The van der Waals surface area contributed by atoms with Crippen LogP contribution in [0.2, 0.25) is 0 Å². The number of benzene rings is 1. The number of nitrogens with zero attached hydrogens (tertiary/aromatic N) is 3. The summed E-state index contributed by atoms with van der Waals surface area (Å²) in [4.78, 5) is 9.54. The number of aromatic nitrogens is 4. The molecule has 0 saturated carbocycles. The molecular weight excluding hydrogens is 272 g/mol. The summed E-state index contributed by atoms with van der Waals surface area (Å²) in [7, 11) is 0. The van der Waals surface area contributed by atoms with Crippen molar-refractivity contribution in [1.29, 1.82) is 0 Å². The van der Waals surface area contributed by atoms with Crippen molar-refractivity contribution in [2.45, 2.75) is 11.4 Å². The lowest BCUT2D eigenvalue weighted by atomic mass is 10.2. The van der Waals surface area contributed by atoms with Crippen molar-refractivity contribution in [2.24, 2.45) is 0 Å². The number of nitrogens with one attached hydrogen (secondary N) is 2. The Morgan fingerprint density at radius 1 is 1.35 bits per heavy atom. The van der Waals surface area contributed by atoms with Gasteiger partial charge in [0.15, 0.2) is 5.65 Å². The largest absolute Gasteiger partial charge is 0.368 e. The quantitative estimate of drug-likeness (QED) is 0.637. The molecule has 7 heteroatoms. The summed E-state index contributed by atoms with van der Waals surface area (Å²) in [6, 6.07) is 8.36. The van der Waals surface area contributed by atoms with Crippen molar-refractivity contribution in [3.8, 4) is 0 Å². The van der Waals surface area contributed by atoms with Crippen LogP contribution in [-0.4, -0.2) is 26.4 Å². The van der Waals surface area contributed by atoms with Crippen molar-refractivity contribution in [1.82, 2.24) is 20.2 Å². The van der Waals surface area contributed by atoms with Crippen molar-refractivity contribution in [2.75, 3.05) is 17.3 Å². The Hall–Kier alpha value is -2.28. The molecule has 102 valence electrons. The first-order valence-corrected chi connectivity index (χ1v) is 7.32. The highest BCUT2D eigenvalue weighted by molar-refractivity contribution is 7.98. The highest BCUT2D eigenvalue weighted by Crippen LogP contribution is 2.20. The molecule has 0 radical (unpaired) electrons. The predicted octanol–water partition coefficient (Wildman–Crippen LogP) is 2.27. The zero-order valence-corrected chi connectivity index (χ0v) is 11.7. The van der Waals surface area contributed by atoms with Crippen LogP contribution >= 0.6 is 11.8 Å². The minimum absolute atomic E-state index is 0.224. The molecule has 6 nitrogen and oxygen atoms in total. The minimum atomic E-state index is 0.224. The first-order valence-electron chi connectivity index (χ1n) is 6.09. The number of anilines is 2. The third-order valence-corrected chi connectivity index (χ3v) is 3.65. The number of aromatic amines is 1. The van der Waals surface area contributed by atoms with E-state index in [1.54, 1.807) is 18.0 Å². The maximum atomic E-state index is 5.69. The third-order valence-electron chi connectivity index (χ3n) is 2.92. The van der Waals surface area contributed by atoms with Crippen LogP contribution in [0.3, 0.4) is 0 Å². The molecule has 0 unspecified atom stereocenters. The molecule has 3 rings (SSSR count). The van der Waals surface area contributed by atoms with Crippen LogP contribution in [0.4, 0.5) is 11.8 Å². The van der Waals surface area contributed by atoms with E-state index in [9.17, 15) is 0 Å². The molecular formula is C13H14N6S. The number of rotatable bonds is 4. The van der Waals surface area contributed by atoms with Crippen LogP contribution in [-0.2, 0) is 6.54 Å². The fraction of sp³-hybridized carbons (Fsp3) is 0.154. The number of nitrogens with two attached hydrogens (primary N) is 1. The fourth-order valence-electron chi connectivity index (χ4n) is 1.96. The second-order valence-electron chi connectivity index (χ2n) is 4.27. The molecule has 0 aliphatic rings. The molecule has 20 heavy (non-hydrogen) atoms. The highest BCUT2D eigenvalue weighted by atomic mass is 32.2. The van der Waals surface area contributed by atoms with Crippen molar-refractivity contribution in [3.63, 3.8) is 0 Å². The van der Waals surface area contributed by atoms with Gasteiger partial charge < -0.3 is 11.1 Å². The average Bonchev–Trinajstić information content (AvgIpc) is 2.93. The van der Waals surface area contributed by atoms with E-state index >= 15 is 0 Å². The molecule has 2 heterocycles. The fourth-order valence-corrected chi connectivity index (χ4v) is 2.44. The molecule has 3 aromatic rings. The number of fused-ring (bicyclic) bond motifs is 1. The van der Waals surface area contributed by atoms with Crippen LogP contribution in [0.5, 0.6) is 0 Å². The normalized spacial score (nSPS) is 10.8. The Balaban J connectivity index is 1.84. The van der Waals surface area contributed by atoms with Gasteiger partial charge in [-0.3, -0.25) is 5.10 Å². The van der Waals surface area contributed by atoms with Gasteiger partial charge in [-0.05, 0) is 24.0 Å². The van der Waals surface area contributed by atoms with E-state index in [0.717, 1.165) is 5.39 Å². The lowest BCUT2D eigenvalue weighted by Gasteiger charge is -2.08. The van der Waals surface area contributed by atoms with Gasteiger partial charge in [-0.1, -0.05) is 12.1 Å². The molecule has 0 spiro atoms. The zero-order valence-electron chi connectivity index (χ0n) is 10.9. The van der Waals surface area contributed by atoms with Gasteiger partial charge in [0.05, 0.1) is 11.6 Å². The molecule has 0 fully saturated rings.